The Bertz CT molecular complexity index is 1550. The van der Waals surface area contributed by atoms with E-state index in [1.165, 1.54) is 0 Å². The van der Waals surface area contributed by atoms with Crippen molar-refractivity contribution in [3.63, 3.8) is 0 Å². The minimum Gasteiger partial charge on any atom is -0.565 e. The number of nitriles is 1. The predicted octanol–water partition coefficient (Wildman–Crippen LogP) is 4.29. The normalized spacial score (nSPS) is 16.4. The van der Waals surface area contributed by atoms with Crippen molar-refractivity contribution < 1.29 is 25.2 Å². The van der Waals surface area contributed by atoms with E-state index >= 15 is 0 Å². The molecule has 0 radical (unpaired) electrons. The van der Waals surface area contributed by atoms with Crippen LogP contribution in [0.5, 0.6) is 0 Å². The van der Waals surface area contributed by atoms with Crippen LogP contribution in [0.15, 0.2) is 65.7 Å². The van der Waals surface area contributed by atoms with Crippen LogP contribution in [0.2, 0.25) is 0 Å². The second kappa shape index (κ2) is 10.9. The lowest BCUT2D eigenvalue weighted by Crippen LogP contribution is -2.24. The Balaban J connectivity index is 0.000000516. The molecule has 4 aromatic heterocycles. The molecule has 0 aliphatic carbocycles. The number of hydrogen-bond donors (Lipinski definition) is 2. The zero-order chi connectivity index (χ0) is 25.8. The molecule has 0 spiro atoms. The number of aromatic nitrogens is 5. The van der Waals surface area contributed by atoms with Crippen molar-refractivity contribution in [1.29, 1.82) is 5.26 Å². The van der Waals surface area contributed by atoms with E-state index in [0.29, 0.717) is 18.4 Å². The summed E-state index contributed by atoms with van der Waals surface area (Å²) in [4.78, 5) is 27.7. The average molecular weight is 521 g/mol. The molecular weight excluding hydrogens is 497 g/mol. The zero-order valence-corrected chi connectivity index (χ0v) is 20.4. The highest BCUT2D eigenvalue weighted by atomic mass is 31.1. The Morgan fingerprint density at radius 3 is 2.97 bits per heavy atom. The summed E-state index contributed by atoms with van der Waals surface area (Å²) in [5.74, 6) is 0.322. The molecule has 5 aromatic rings. The summed E-state index contributed by atoms with van der Waals surface area (Å²) in [5, 5.41) is 17.6. The number of nitrogens with zero attached hydrogens (tertiary/aromatic N) is 6. The molecule has 0 bridgehead atoms. The van der Waals surface area contributed by atoms with Gasteiger partial charge in [-0.1, -0.05) is 12.1 Å². The highest BCUT2D eigenvalue weighted by molar-refractivity contribution is 7.30. The summed E-state index contributed by atoms with van der Waals surface area (Å²) in [6.07, 6.45) is 9.03. The van der Waals surface area contributed by atoms with Crippen LogP contribution in [0.3, 0.4) is 0 Å². The van der Waals surface area contributed by atoms with Crippen LogP contribution in [0.25, 0.3) is 33.4 Å². The fraction of sp³-hybridized carbons (Fsp3) is 0.250. The molecule has 1 fully saturated rings. The van der Waals surface area contributed by atoms with E-state index < -0.39 is 8.25 Å². The smallest absolute Gasteiger partial charge is 0.521 e. The molecule has 1 aliphatic heterocycles. The molecule has 0 amide bonds. The average Bonchev–Trinajstić information content (AvgIpc) is 3.72. The van der Waals surface area contributed by atoms with E-state index in [1.807, 2.05) is 36.5 Å². The molecule has 13 heteroatoms. The van der Waals surface area contributed by atoms with E-state index in [4.69, 9.17) is 19.1 Å². The molecule has 3 atom stereocenters. The number of hydrogen-bond acceptors (Lipinski definition) is 10. The molecule has 1 aliphatic rings. The quantitative estimate of drug-likeness (QED) is 0.187. The fourth-order valence-electron chi connectivity index (χ4n) is 4.74. The SMILES string of the molecule is N#CCC(C1CCN(c2nc3ccccc3o2)C1)n1ccc(-c2ncnc3[nH]ccc23)c1.O=[P+]([O-])OO.[HH]. The Labute approximate surface area is 213 Å². The maximum Gasteiger partial charge on any atom is 0.521 e. The van der Waals surface area contributed by atoms with E-state index in [0.717, 1.165) is 52.9 Å². The van der Waals surface area contributed by atoms with Crippen molar-refractivity contribution in [3.8, 4) is 17.3 Å². The third kappa shape index (κ3) is 5.21. The van der Waals surface area contributed by atoms with E-state index in [-0.39, 0.29) is 7.47 Å². The molecule has 37 heavy (non-hydrogen) atoms. The first-order chi connectivity index (χ1) is 18.1. The standard InChI is InChI=1S/C24H21N7O.HO4P.H2/c25-9-5-20(16-7-12-31(13-16)24-29-19-3-1-2-4-21(19)32-24)30-11-8-17(14-30)22-18-6-10-26-23(18)28-15-27-22;1-4-5(2)3;/h1-4,6,8,10-11,14-16,20H,5,7,12-13H2,(H,26,27,28);1H;1H. The monoisotopic (exact) mass is 521 g/mol. The zero-order valence-electron chi connectivity index (χ0n) is 19.5. The number of H-pyrrole nitrogens is 1. The Morgan fingerprint density at radius 1 is 1.35 bits per heavy atom. The van der Waals surface area contributed by atoms with Crippen LogP contribution in [0, 0.1) is 17.2 Å². The molecule has 1 saturated heterocycles. The molecule has 190 valence electrons. The van der Waals surface area contributed by atoms with Crippen LogP contribution in [-0.4, -0.2) is 42.8 Å². The Morgan fingerprint density at radius 2 is 2.19 bits per heavy atom. The summed E-state index contributed by atoms with van der Waals surface area (Å²) < 4.78 is 19.8. The van der Waals surface area contributed by atoms with Crippen LogP contribution in [0.1, 0.15) is 20.3 Å². The summed E-state index contributed by atoms with van der Waals surface area (Å²) >= 11 is 0. The van der Waals surface area contributed by atoms with Crippen LogP contribution >= 0.6 is 8.25 Å². The van der Waals surface area contributed by atoms with Gasteiger partial charge >= 0.3 is 8.25 Å². The van der Waals surface area contributed by atoms with E-state index in [2.05, 4.69) is 58.6 Å². The Hall–Kier alpha value is -4.14. The summed E-state index contributed by atoms with van der Waals surface area (Å²) in [6, 6.07) is 15.0. The largest absolute Gasteiger partial charge is 0.565 e. The van der Waals surface area contributed by atoms with Gasteiger partial charge in [-0.15, -0.1) is 0 Å². The van der Waals surface area contributed by atoms with Crippen molar-refractivity contribution >= 4 is 36.4 Å². The number of aromatic amines is 1. The summed E-state index contributed by atoms with van der Waals surface area (Å²) in [6.45, 7) is 1.67. The van der Waals surface area contributed by atoms with E-state index in [1.54, 1.807) is 6.33 Å². The van der Waals surface area contributed by atoms with Crippen molar-refractivity contribution in [2.45, 2.75) is 18.9 Å². The minimum atomic E-state index is -3.04. The van der Waals surface area contributed by atoms with Crippen molar-refractivity contribution in [2.75, 3.05) is 18.0 Å². The fourth-order valence-corrected chi connectivity index (χ4v) is 4.74. The second-order valence-corrected chi connectivity index (χ2v) is 9.11. The van der Waals surface area contributed by atoms with Crippen LogP contribution in [-0.2, 0) is 9.24 Å². The lowest BCUT2D eigenvalue weighted by Gasteiger charge is -2.23. The van der Waals surface area contributed by atoms with E-state index in [9.17, 15) is 5.26 Å². The number of nitrogens with one attached hydrogen (secondary N) is 1. The highest BCUT2D eigenvalue weighted by Crippen LogP contribution is 2.35. The number of oxazole rings is 1. The topological polar surface area (TPSA) is 169 Å². The van der Waals surface area contributed by atoms with Crippen LogP contribution in [0.4, 0.5) is 6.01 Å². The lowest BCUT2D eigenvalue weighted by atomic mass is 9.96. The van der Waals surface area contributed by atoms with Crippen LogP contribution < -0.4 is 9.79 Å². The Kier molecular flexibility index (Phi) is 7.20. The molecule has 0 saturated carbocycles. The van der Waals surface area contributed by atoms with Crippen molar-refractivity contribution in [1.82, 2.24) is 24.5 Å². The number of rotatable bonds is 6. The number of para-hydroxylation sites is 2. The van der Waals surface area contributed by atoms with Crippen molar-refractivity contribution in [2.24, 2.45) is 5.92 Å². The van der Waals surface area contributed by atoms with Gasteiger partial charge < -0.3 is 23.8 Å². The highest BCUT2D eigenvalue weighted by Gasteiger charge is 2.32. The van der Waals surface area contributed by atoms with Gasteiger partial charge in [-0.25, -0.2) is 15.2 Å². The molecule has 6 rings (SSSR count). The molecule has 3 unspecified atom stereocenters. The maximum absolute atomic E-state index is 9.54. The van der Waals surface area contributed by atoms with Gasteiger partial charge in [-0.2, -0.15) is 10.2 Å². The van der Waals surface area contributed by atoms with Gasteiger partial charge in [0.05, 0.1) is 24.2 Å². The molecule has 5 heterocycles. The molecule has 2 N–H and O–H groups in total. The number of anilines is 1. The molecule has 1 aromatic carbocycles. The first-order valence-electron chi connectivity index (χ1n) is 11.5. The first-order valence-corrected chi connectivity index (χ1v) is 12.6. The maximum atomic E-state index is 9.54. The molecular formula is C24H24N7O5P. The van der Waals surface area contributed by atoms with Gasteiger partial charge in [0.25, 0.3) is 6.01 Å². The van der Waals surface area contributed by atoms with Crippen molar-refractivity contribution in [3.05, 3.63) is 61.3 Å². The number of benzene rings is 1. The lowest BCUT2D eigenvalue weighted by molar-refractivity contribution is -0.244. The summed E-state index contributed by atoms with van der Waals surface area (Å²) in [5.41, 5.74) is 4.41. The van der Waals surface area contributed by atoms with Gasteiger partial charge in [-0.3, -0.25) is 0 Å². The first kappa shape index (κ1) is 24.5. The number of fused-ring (bicyclic) bond motifs is 2. The van der Waals surface area contributed by atoms with Gasteiger partial charge in [0.2, 0.25) is 0 Å². The molecule has 12 nitrogen and oxygen atoms in total. The third-order valence-electron chi connectivity index (χ3n) is 6.41. The minimum absolute atomic E-state index is 0. The third-order valence-corrected chi connectivity index (χ3v) is 6.55. The summed E-state index contributed by atoms with van der Waals surface area (Å²) in [7, 11) is -3.04. The van der Waals surface area contributed by atoms with Gasteiger partial charge in [-0.05, 0) is 41.2 Å². The predicted molar refractivity (Wildman–Crippen MR) is 134 cm³/mol. The van der Waals surface area contributed by atoms with Gasteiger partial charge in [0, 0.05) is 48.7 Å². The van der Waals surface area contributed by atoms with Gasteiger partial charge in [0.1, 0.15) is 17.5 Å². The van der Waals surface area contributed by atoms with Gasteiger partial charge in [0.15, 0.2) is 5.58 Å². The second-order valence-electron chi connectivity index (χ2n) is 8.50.